The van der Waals surface area contributed by atoms with E-state index in [0.717, 1.165) is 39.0 Å². The molecule has 0 bridgehead atoms. The van der Waals surface area contributed by atoms with Gasteiger partial charge in [-0.1, -0.05) is 0 Å². The summed E-state index contributed by atoms with van der Waals surface area (Å²) < 4.78 is 0. The van der Waals surface area contributed by atoms with Crippen LogP contribution in [0.25, 0.3) is 0 Å². The van der Waals surface area contributed by atoms with Crippen molar-refractivity contribution in [2.24, 2.45) is 0 Å². The van der Waals surface area contributed by atoms with Crippen LogP contribution in [-0.4, -0.2) is 73.4 Å². The second kappa shape index (κ2) is 5.45. The minimum Gasteiger partial charge on any atom is -0.388 e. The van der Waals surface area contributed by atoms with Crippen LogP contribution in [0.3, 0.4) is 0 Å². The molecule has 0 radical (unpaired) electrons. The molecule has 1 aliphatic carbocycles. The van der Waals surface area contributed by atoms with Gasteiger partial charge in [-0.25, -0.2) is 0 Å². The highest BCUT2D eigenvalue weighted by molar-refractivity contribution is 4.99. The van der Waals surface area contributed by atoms with E-state index >= 15 is 0 Å². The highest BCUT2D eigenvalue weighted by Crippen LogP contribution is 2.37. The van der Waals surface area contributed by atoms with Crippen LogP contribution in [-0.2, 0) is 0 Å². The van der Waals surface area contributed by atoms with Gasteiger partial charge in [-0.3, -0.25) is 0 Å². The van der Waals surface area contributed by atoms with Crippen molar-refractivity contribution in [1.29, 1.82) is 0 Å². The summed E-state index contributed by atoms with van der Waals surface area (Å²) in [5.74, 6) is 0. The van der Waals surface area contributed by atoms with E-state index in [4.69, 9.17) is 0 Å². The fourth-order valence-electron chi connectivity index (χ4n) is 3.44. The molecule has 0 atom stereocenters. The molecule has 0 aromatic carbocycles. The third-order valence-electron chi connectivity index (χ3n) is 4.90. The van der Waals surface area contributed by atoms with E-state index in [1.54, 1.807) is 0 Å². The van der Waals surface area contributed by atoms with Crippen molar-refractivity contribution in [3.8, 4) is 0 Å². The van der Waals surface area contributed by atoms with E-state index in [9.17, 15) is 5.11 Å². The molecule has 1 aliphatic heterocycles. The molecule has 0 aromatic heterocycles. The minimum absolute atomic E-state index is 0.359. The van der Waals surface area contributed by atoms with Gasteiger partial charge in [-0.15, -0.1) is 0 Å². The number of piperidine rings is 1. The topological polar surface area (TPSA) is 38.7 Å². The summed E-state index contributed by atoms with van der Waals surface area (Å²) in [6, 6.07) is 0. The normalized spacial score (nSPS) is 26.3. The number of nitrogens with one attached hydrogen (secondary N) is 1. The molecule has 0 unspecified atom stereocenters. The maximum absolute atomic E-state index is 10.6. The lowest BCUT2D eigenvalue weighted by molar-refractivity contribution is -0.0378. The first-order valence-electron chi connectivity index (χ1n) is 7.25. The van der Waals surface area contributed by atoms with Crippen LogP contribution < -0.4 is 5.32 Å². The zero-order valence-electron chi connectivity index (χ0n) is 12.2. The molecule has 2 N–H and O–H groups in total. The zero-order chi connectivity index (χ0) is 13.2. The standard InChI is InChI=1S/C14H29N3O/c1-16(2)13(5-4-6-13)11-17(3)12-14(18)7-9-15-10-8-14/h15,18H,4-12H2,1-3H3. The molecular weight excluding hydrogens is 226 g/mol. The summed E-state index contributed by atoms with van der Waals surface area (Å²) in [7, 11) is 6.53. The number of likely N-dealkylation sites (N-methyl/N-ethyl adjacent to an activating group) is 2. The molecule has 4 heteroatoms. The molecule has 1 saturated carbocycles. The van der Waals surface area contributed by atoms with Crippen molar-refractivity contribution < 1.29 is 5.11 Å². The highest BCUT2D eigenvalue weighted by atomic mass is 16.3. The highest BCUT2D eigenvalue weighted by Gasteiger charge is 2.41. The van der Waals surface area contributed by atoms with Crippen molar-refractivity contribution in [3.63, 3.8) is 0 Å². The average molecular weight is 255 g/mol. The van der Waals surface area contributed by atoms with Crippen LogP contribution in [0, 0.1) is 0 Å². The molecule has 1 saturated heterocycles. The second-order valence-corrected chi connectivity index (χ2v) is 6.62. The first-order valence-corrected chi connectivity index (χ1v) is 7.25. The summed E-state index contributed by atoms with van der Waals surface area (Å²) in [4.78, 5) is 4.71. The third-order valence-corrected chi connectivity index (χ3v) is 4.90. The molecule has 18 heavy (non-hydrogen) atoms. The van der Waals surface area contributed by atoms with E-state index in [2.05, 4.69) is 36.3 Å². The van der Waals surface area contributed by atoms with Gasteiger partial charge in [0.2, 0.25) is 0 Å². The lowest BCUT2D eigenvalue weighted by Gasteiger charge is -2.50. The van der Waals surface area contributed by atoms with Gasteiger partial charge in [0.15, 0.2) is 0 Å². The monoisotopic (exact) mass is 255 g/mol. The Labute approximate surface area is 111 Å². The SMILES string of the molecule is CN(CC1(O)CCNCC1)CC1(N(C)C)CCC1. The maximum atomic E-state index is 10.6. The van der Waals surface area contributed by atoms with Gasteiger partial charge in [-0.05, 0) is 66.3 Å². The Morgan fingerprint density at radius 2 is 1.61 bits per heavy atom. The van der Waals surface area contributed by atoms with Crippen LogP contribution in [0.5, 0.6) is 0 Å². The number of aliphatic hydroxyl groups is 1. The molecule has 1 heterocycles. The number of nitrogens with zero attached hydrogens (tertiary/aromatic N) is 2. The summed E-state index contributed by atoms with van der Waals surface area (Å²) in [6.45, 7) is 3.78. The number of hydrogen-bond acceptors (Lipinski definition) is 4. The predicted octanol–water partition coefficient (Wildman–Crippen LogP) is 0.517. The average Bonchev–Trinajstić information content (AvgIpc) is 2.23. The first kappa shape index (κ1) is 14.3. The van der Waals surface area contributed by atoms with Gasteiger partial charge in [0.1, 0.15) is 0 Å². The lowest BCUT2D eigenvalue weighted by atomic mass is 9.75. The first-order chi connectivity index (χ1) is 8.46. The van der Waals surface area contributed by atoms with Gasteiger partial charge in [0.25, 0.3) is 0 Å². The molecule has 0 spiro atoms. The fourth-order valence-corrected chi connectivity index (χ4v) is 3.44. The van der Waals surface area contributed by atoms with Crippen molar-refractivity contribution in [2.45, 2.75) is 43.2 Å². The predicted molar refractivity (Wildman–Crippen MR) is 74.8 cm³/mol. The molecule has 2 aliphatic rings. The lowest BCUT2D eigenvalue weighted by Crippen LogP contribution is -2.59. The molecule has 2 rings (SSSR count). The van der Waals surface area contributed by atoms with Gasteiger partial charge >= 0.3 is 0 Å². The largest absolute Gasteiger partial charge is 0.388 e. The van der Waals surface area contributed by atoms with Gasteiger partial charge in [-0.2, -0.15) is 0 Å². The summed E-state index contributed by atoms with van der Waals surface area (Å²) in [6.07, 6.45) is 5.70. The summed E-state index contributed by atoms with van der Waals surface area (Å²) in [5.41, 5.74) is -0.116. The molecule has 0 aromatic rings. The Morgan fingerprint density at radius 1 is 1.00 bits per heavy atom. The molecule has 2 fully saturated rings. The number of rotatable bonds is 5. The smallest absolute Gasteiger partial charge is 0.0798 e. The third kappa shape index (κ3) is 3.05. The van der Waals surface area contributed by atoms with Crippen molar-refractivity contribution >= 4 is 0 Å². The van der Waals surface area contributed by atoms with E-state index in [0.29, 0.717) is 5.54 Å². The fraction of sp³-hybridized carbons (Fsp3) is 1.00. The van der Waals surface area contributed by atoms with E-state index in [1.807, 2.05) is 0 Å². The van der Waals surface area contributed by atoms with Crippen molar-refractivity contribution in [2.75, 3.05) is 47.3 Å². The number of hydrogen-bond donors (Lipinski definition) is 2. The zero-order valence-corrected chi connectivity index (χ0v) is 12.2. The molecular formula is C14H29N3O. The van der Waals surface area contributed by atoms with Crippen LogP contribution in [0.2, 0.25) is 0 Å². The maximum Gasteiger partial charge on any atom is 0.0798 e. The minimum atomic E-state index is -0.475. The van der Waals surface area contributed by atoms with Crippen LogP contribution in [0.4, 0.5) is 0 Å². The van der Waals surface area contributed by atoms with Gasteiger partial charge in [0, 0.05) is 18.6 Å². The van der Waals surface area contributed by atoms with Crippen LogP contribution in [0.15, 0.2) is 0 Å². The van der Waals surface area contributed by atoms with Crippen molar-refractivity contribution in [1.82, 2.24) is 15.1 Å². The Bertz CT molecular complexity index is 270. The summed E-state index contributed by atoms with van der Waals surface area (Å²) in [5, 5.41) is 13.9. The molecule has 0 amide bonds. The molecule has 4 nitrogen and oxygen atoms in total. The molecule has 106 valence electrons. The Hall–Kier alpha value is -0.160. The van der Waals surface area contributed by atoms with E-state index in [1.165, 1.54) is 19.3 Å². The van der Waals surface area contributed by atoms with Crippen molar-refractivity contribution in [3.05, 3.63) is 0 Å². The second-order valence-electron chi connectivity index (χ2n) is 6.62. The van der Waals surface area contributed by atoms with Gasteiger partial charge in [0.05, 0.1) is 5.60 Å². The van der Waals surface area contributed by atoms with E-state index in [-0.39, 0.29) is 0 Å². The quantitative estimate of drug-likeness (QED) is 0.751. The van der Waals surface area contributed by atoms with Gasteiger partial charge < -0.3 is 20.2 Å². The van der Waals surface area contributed by atoms with E-state index < -0.39 is 5.60 Å². The van der Waals surface area contributed by atoms with Crippen LogP contribution in [0.1, 0.15) is 32.1 Å². The Morgan fingerprint density at radius 3 is 2.06 bits per heavy atom. The summed E-state index contributed by atoms with van der Waals surface area (Å²) >= 11 is 0. The van der Waals surface area contributed by atoms with Crippen LogP contribution >= 0.6 is 0 Å². The Balaban J connectivity index is 1.86. The Kier molecular flexibility index (Phi) is 4.32.